The molecule has 0 aromatic heterocycles. The molecule has 0 aliphatic heterocycles. The van der Waals surface area contributed by atoms with Crippen LogP contribution in [0.5, 0.6) is 0 Å². The standard InChI is InChI=1S/C26H46N8/c27-8-10-29-12-14-31-16-18-33-21-23-4-3-6-24(20-23)26-7-2-1-5-25(26)22-34-19-17-32-15-13-30-11-9-28/h1-7,20,29-34H,8-19,21-22,27-28H2. The minimum atomic E-state index is 0.687. The van der Waals surface area contributed by atoms with Crippen LogP contribution in [0.25, 0.3) is 11.1 Å². The normalized spacial score (nSPS) is 11.2. The molecule has 0 bridgehead atoms. The number of hydrogen-bond acceptors (Lipinski definition) is 8. The molecule has 0 atom stereocenters. The van der Waals surface area contributed by atoms with Crippen LogP contribution < -0.4 is 43.4 Å². The van der Waals surface area contributed by atoms with Gasteiger partial charge in [-0.15, -0.1) is 0 Å². The van der Waals surface area contributed by atoms with Crippen molar-refractivity contribution >= 4 is 0 Å². The highest BCUT2D eigenvalue weighted by atomic mass is 15.0. The van der Waals surface area contributed by atoms with E-state index in [9.17, 15) is 0 Å². The second kappa shape index (κ2) is 19.4. The van der Waals surface area contributed by atoms with Crippen molar-refractivity contribution in [2.45, 2.75) is 13.1 Å². The first-order chi connectivity index (χ1) is 16.8. The van der Waals surface area contributed by atoms with Gasteiger partial charge in [0, 0.05) is 91.6 Å². The van der Waals surface area contributed by atoms with Gasteiger partial charge in [0.25, 0.3) is 0 Å². The molecule has 2 aromatic carbocycles. The predicted octanol–water partition coefficient (Wildman–Crippen LogP) is -0.191. The maximum absolute atomic E-state index is 5.48. The number of hydrogen-bond donors (Lipinski definition) is 8. The van der Waals surface area contributed by atoms with Crippen LogP contribution in [0.2, 0.25) is 0 Å². The Bertz CT molecular complexity index is 755. The first-order valence-electron chi connectivity index (χ1n) is 12.7. The van der Waals surface area contributed by atoms with E-state index in [1.807, 2.05) is 0 Å². The Morgan fingerprint density at radius 3 is 1.65 bits per heavy atom. The fourth-order valence-electron chi connectivity index (χ4n) is 3.67. The predicted molar refractivity (Wildman–Crippen MR) is 145 cm³/mol. The van der Waals surface area contributed by atoms with E-state index >= 15 is 0 Å². The van der Waals surface area contributed by atoms with Crippen LogP contribution in [0, 0.1) is 0 Å². The number of nitrogens with two attached hydrogens (primary N) is 2. The van der Waals surface area contributed by atoms with E-state index in [2.05, 4.69) is 80.4 Å². The summed E-state index contributed by atoms with van der Waals surface area (Å²) in [5.41, 5.74) is 16.1. The third kappa shape index (κ3) is 12.5. The summed E-state index contributed by atoms with van der Waals surface area (Å²) in [7, 11) is 0. The molecule has 0 fully saturated rings. The minimum absolute atomic E-state index is 0.687. The van der Waals surface area contributed by atoms with E-state index in [1.54, 1.807) is 0 Å². The van der Waals surface area contributed by atoms with Crippen molar-refractivity contribution in [3.05, 3.63) is 59.7 Å². The molecule has 0 aliphatic rings. The second-order valence-electron chi connectivity index (χ2n) is 8.29. The van der Waals surface area contributed by atoms with Crippen molar-refractivity contribution in [1.29, 1.82) is 0 Å². The third-order valence-corrected chi connectivity index (χ3v) is 5.46. The molecule has 8 nitrogen and oxygen atoms in total. The van der Waals surface area contributed by atoms with Crippen molar-refractivity contribution in [2.75, 3.05) is 78.5 Å². The molecule has 10 N–H and O–H groups in total. The van der Waals surface area contributed by atoms with Gasteiger partial charge < -0.3 is 43.4 Å². The molecule has 0 saturated carbocycles. The van der Waals surface area contributed by atoms with Crippen LogP contribution in [-0.2, 0) is 13.1 Å². The zero-order valence-electron chi connectivity index (χ0n) is 20.7. The van der Waals surface area contributed by atoms with Crippen molar-refractivity contribution in [3.8, 4) is 11.1 Å². The summed E-state index contributed by atoms with van der Waals surface area (Å²) in [4.78, 5) is 0. The molecule has 2 rings (SSSR count). The third-order valence-electron chi connectivity index (χ3n) is 5.46. The van der Waals surface area contributed by atoms with Crippen LogP contribution in [-0.4, -0.2) is 78.5 Å². The number of benzene rings is 2. The van der Waals surface area contributed by atoms with Crippen molar-refractivity contribution in [3.63, 3.8) is 0 Å². The van der Waals surface area contributed by atoms with Crippen LogP contribution in [0.3, 0.4) is 0 Å². The van der Waals surface area contributed by atoms with E-state index in [-0.39, 0.29) is 0 Å². The fourth-order valence-corrected chi connectivity index (χ4v) is 3.67. The first-order valence-corrected chi connectivity index (χ1v) is 12.7. The zero-order valence-corrected chi connectivity index (χ0v) is 20.7. The van der Waals surface area contributed by atoms with E-state index in [1.165, 1.54) is 22.3 Å². The van der Waals surface area contributed by atoms with Gasteiger partial charge in [-0.25, -0.2) is 0 Å². The summed E-state index contributed by atoms with van der Waals surface area (Å²) in [6.07, 6.45) is 0. The summed E-state index contributed by atoms with van der Waals surface area (Å²) in [5, 5.41) is 20.6. The summed E-state index contributed by atoms with van der Waals surface area (Å²) in [6.45, 7) is 12.5. The van der Waals surface area contributed by atoms with Gasteiger partial charge in [-0.05, 0) is 28.3 Å². The van der Waals surface area contributed by atoms with Gasteiger partial charge in [0.1, 0.15) is 0 Å². The van der Waals surface area contributed by atoms with E-state index < -0.39 is 0 Å². The molecule has 0 saturated heterocycles. The van der Waals surface area contributed by atoms with Crippen LogP contribution in [0.4, 0.5) is 0 Å². The topological polar surface area (TPSA) is 124 Å². The van der Waals surface area contributed by atoms with Crippen molar-refractivity contribution in [2.24, 2.45) is 11.5 Å². The van der Waals surface area contributed by atoms with Crippen LogP contribution >= 0.6 is 0 Å². The Labute approximate surface area is 206 Å². The lowest BCUT2D eigenvalue weighted by molar-refractivity contribution is 0.583. The molecule has 0 aliphatic carbocycles. The van der Waals surface area contributed by atoms with Crippen molar-refractivity contribution < 1.29 is 0 Å². The summed E-state index contributed by atoms with van der Waals surface area (Å²) < 4.78 is 0. The number of nitrogens with one attached hydrogen (secondary N) is 6. The molecule has 0 unspecified atom stereocenters. The molecular formula is C26H46N8. The SMILES string of the molecule is NCCNCCNCCNCc1cccc(-c2ccccc2CNCCNCCNCCN)c1. The lowest BCUT2D eigenvalue weighted by Gasteiger charge is -2.13. The quantitative estimate of drug-likeness (QED) is 0.118. The lowest BCUT2D eigenvalue weighted by Crippen LogP contribution is -2.34. The van der Waals surface area contributed by atoms with Crippen LogP contribution in [0.1, 0.15) is 11.1 Å². The van der Waals surface area contributed by atoms with E-state index in [0.29, 0.717) is 13.1 Å². The molecule has 0 amide bonds. The van der Waals surface area contributed by atoms with Gasteiger partial charge in [0.15, 0.2) is 0 Å². The Balaban J connectivity index is 1.71. The first kappa shape index (κ1) is 28.4. The highest BCUT2D eigenvalue weighted by Gasteiger charge is 2.05. The van der Waals surface area contributed by atoms with Gasteiger partial charge in [0.2, 0.25) is 0 Å². The van der Waals surface area contributed by atoms with Crippen molar-refractivity contribution in [1.82, 2.24) is 31.9 Å². The van der Waals surface area contributed by atoms with Gasteiger partial charge in [0.05, 0.1) is 0 Å². The Morgan fingerprint density at radius 2 is 1.03 bits per heavy atom. The molecule has 0 heterocycles. The maximum Gasteiger partial charge on any atom is 0.0212 e. The molecule has 34 heavy (non-hydrogen) atoms. The highest BCUT2D eigenvalue weighted by molar-refractivity contribution is 5.68. The summed E-state index contributed by atoms with van der Waals surface area (Å²) in [5.74, 6) is 0. The van der Waals surface area contributed by atoms with E-state index in [4.69, 9.17) is 11.5 Å². The largest absolute Gasteiger partial charge is 0.329 e. The van der Waals surface area contributed by atoms with Gasteiger partial charge >= 0.3 is 0 Å². The Hall–Kier alpha value is -1.88. The monoisotopic (exact) mass is 470 g/mol. The van der Waals surface area contributed by atoms with Gasteiger partial charge in [-0.3, -0.25) is 0 Å². The molecule has 0 radical (unpaired) electrons. The molecule has 2 aromatic rings. The molecule has 0 spiro atoms. The average Bonchev–Trinajstić information content (AvgIpc) is 2.87. The molecular weight excluding hydrogens is 424 g/mol. The fraction of sp³-hybridized carbons (Fsp3) is 0.538. The second-order valence-corrected chi connectivity index (χ2v) is 8.29. The Morgan fingerprint density at radius 1 is 0.500 bits per heavy atom. The summed E-state index contributed by atoms with van der Waals surface area (Å²) in [6, 6.07) is 17.5. The Kier molecular flexibility index (Phi) is 16.2. The maximum atomic E-state index is 5.48. The molecule has 190 valence electrons. The zero-order chi connectivity index (χ0) is 24.1. The smallest absolute Gasteiger partial charge is 0.0212 e. The van der Waals surface area contributed by atoms with E-state index in [0.717, 1.165) is 78.5 Å². The number of rotatable bonds is 21. The highest BCUT2D eigenvalue weighted by Crippen LogP contribution is 2.24. The van der Waals surface area contributed by atoms with Crippen LogP contribution in [0.15, 0.2) is 48.5 Å². The van der Waals surface area contributed by atoms with Gasteiger partial charge in [-0.1, -0.05) is 42.5 Å². The minimum Gasteiger partial charge on any atom is -0.329 e. The molecule has 8 heteroatoms. The average molecular weight is 471 g/mol. The lowest BCUT2D eigenvalue weighted by atomic mass is 9.98. The summed E-state index contributed by atoms with van der Waals surface area (Å²) >= 11 is 0. The van der Waals surface area contributed by atoms with Gasteiger partial charge in [-0.2, -0.15) is 0 Å².